The van der Waals surface area contributed by atoms with Crippen molar-refractivity contribution in [3.05, 3.63) is 72.4 Å². The van der Waals surface area contributed by atoms with Gasteiger partial charge in [0.2, 0.25) is 0 Å². The van der Waals surface area contributed by atoms with Crippen LogP contribution in [-0.4, -0.2) is 57.0 Å². The van der Waals surface area contributed by atoms with Crippen LogP contribution in [0, 0.1) is 0 Å². The number of anilines is 2. The summed E-state index contributed by atoms with van der Waals surface area (Å²) < 4.78 is 7.68. The van der Waals surface area contributed by atoms with E-state index in [4.69, 9.17) is 15.5 Å². The molecule has 9 nitrogen and oxygen atoms in total. The molecule has 1 atom stereocenters. The number of aromatic nitrogens is 4. The molecule has 0 bridgehead atoms. The first kappa shape index (κ1) is 20.1. The largest absolute Gasteiger partial charge is 0.382 e. The number of pyridine rings is 1. The summed E-state index contributed by atoms with van der Waals surface area (Å²) in [5.41, 5.74) is 9.09. The minimum absolute atomic E-state index is 0.00947. The molecule has 1 unspecified atom stereocenters. The molecule has 3 aromatic heterocycles. The molecule has 9 heteroatoms. The van der Waals surface area contributed by atoms with E-state index in [1.165, 1.54) is 0 Å². The second-order valence-electron chi connectivity index (χ2n) is 7.67. The summed E-state index contributed by atoms with van der Waals surface area (Å²) in [6.07, 6.45) is 5.17. The Balaban J connectivity index is 1.50. The Morgan fingerprint density at radius 3 is 2.75 bits per heavy atom. The summed E-state index contributed by atoms with van der Waals surface area (Å²) in [6.45, 7) is 2.09. The van der Waals surface area contributed by atoms with Crippen LogP contribution < -0.4 is 11.1 Å². The smallest absolute Gasteiger partial charge is 0.256 e. The van der Waals surface area contributed by atoms with Gasteiger partial charge in [-0.3, -0.25) is 14.1 Å². The molecule has 4 heterocycles. The first-order chi connectivity index (χ1) is 15.6. The number of carbonyl (C=O) groups excluding carboxylic acids is 1. The van der Waals surface area contributed by atoms with Gasteiger partial charge in [0.1, 0.15) is 28.7 Å². The Hall–Kier alpha value is -3.82. The summed E-state index contributed by atoms with van der Waals surface area (Å²) in [4.78, 5) is 28.1. The van der Waals surface area contributed by atoms with E-state index in [0.717, 1.165) is 29.1 Å². The zero-order valence-electron chi connectivity index (χ0n) is 17.6. The lowest BCUT2D eigenvalue weighted by Crippen LogP contribution is -2.37. The number of nitrogens with one attached hydrogen (secondary N) is 1. The average Bonchev–Trinajstić information content (AvgIpc) is 3.21. The van der Waals surface area contributed by atoms with E-state index in [9.17, 15) is 4.79 Å². The minimum atomic E-state index is -0.229. The first-order valence-electron chi connectivity index (χ1n) is 10.3. The fraction of sp³-hybridized carbons (Fsp3) is 0.217. The molecule has 0 saturated carbocycles. The fourth-order valence-electron chi connectivity index (χ4n) is 3.89. The third-order valence-electron chi connectivity index (χ3n) is 5.63. The maximum absolute atomic E-state index is 12.6. The lowest BCUT2D eigenvalue weighted by atomic mass is 10.1. The van der Waals surface area contributed by atoms with Crippen LogP contribution in [0.15, 0.2) is 61.1 Å². The molecule has 32 heavy (non-hydrogen) atoms. The molecular formula is C23H23N7O2. The Morgan fingerprint density at radius 2 is 2.00 bits per heavy atom. The van der Waals surface area contributed by atoms with Gasteiger partial charge in [-0.2, -0.15) is 0 Å². The van der Waals surface area contributed by atoms with E-state index >= 15 is 0 Å². The summed E-state index contributed by atoms with van der Waals surface area (Å²) >= 11 is 0. The van der Waals surface area contributed by atoms with E-state index < -0.39 is 0 Å². The molecule has 1 aliphatic heterocycles. The van der Waals surface area contributed by atoms with Crippen molar-refractivity contribution in [1.29, 1.82) is 0 Å². The molecule has 5 rings (SSSR count). The van der Waals surface area contributed by atoms with Gasteiger partial charge in [0.25, 0.3) is 5.91 Å². The third-order valence-corrected chi connectivity index (χ3v) is 5.63. The zero-order valence-corrected chi connectivity index (χ0v) is 17.6. The van der Waals surface area contributed by atoms with Crippen LogP contribution in [-0.2, 0) is 4.74 Å². The van der Waals surface area contributed by atoms with Crippen LogP contribution in [0.2, 0.25) is 0 Å². The van der Waals surface area contributed by atoms with Gasteiger partial charge in [0, 0.05) is 36.3 Å². The maximum Gasteiger partial charge on any atom is 0.256 e. The van der Waals surface area contributed by atoms with Crippen LogP contribution in [0.3, 0.4) is 0 Å². The van der Waals surface area contributed by atoms with E-state index in [1.807, 2.05) is 28.8 Å². The number of nitrogens with two attached hydrogens (primary N) is 1. The van der Waals surface area contributed by atoms with Crippen molar-refractivity contribution in [2.24, 2.45) is 0 Å². The van der Waals surface area contributed by atoms with Gasteiger partial charge < -0.3 is 15.8 Å². The number of rotatable bonds is 4. The number of carbonyl (C=O) groups is 1. The van der Waals surface area contributed by atoms with Gasteiger partial charge in [-0.1, -0.05) is 18.2 Å². The molecule has 1 saturated heterocycles. The van der Waals surface area contributed by atoms with E-state index in [-0.39, 0.29) is 11.9 Å². The second kappa shape index (κ2) is 8.37. The number of nitrogen functional groups attached to an aromatic ring is 1. The quantitative estimate of drug-likeness (QED) is 0.513. The molecule has 0 aliphatic carbocycles. The van der Waals surface area contributed by atoms with Gasteiger partial charge in [-0.25, -0.2) is 15.0 Å². The normalized spacial score (nSPS) is 16.8. The first-order valence-corrected chi connectivity index (χ1v) is 10.3. The molecule has 162 valence electrons. The average molecular weight is 429 g/mol. The molecule has 0 radical (unpaired) electrons. The number of benzene rings is 1. The van der Waals surface area contributed by atoms with Crippen LogP contribution in [0.25, 0.3) is 16.8 Å². The number of morpholine rings is 1. The van der Waals surface area contributed by atoms with Gasteiger partial charge in [-0.15, -0.1) is 0 Å². The van der Waals surface area contributed by atoms with Gasteiger partial charge >= 0.3 is 0 Å². The van der Waals surface area contributed by atoms with Crippen LogP contribution in [0.4, 0.5) is 11.6 Å². The van der Waals surface area contributed by atoms with Crippen LogP contribution in [0.1, 0.15) is 22.2 Å². The van der Waals surface area contributed by atoms with Crippen molar-refractivity contribution in [1.82, 2.24) is 24.3 Å². The predicted octanol–water partition coefficient (Wildman–Crippen LogP) is 2.63. The molecule has 4 aromatic rings. The Labute approximate surface area is 184 Å². The molecule has 1 aliphatic rings. The summed E-state index contributed by atoms with van der Waals surface area (Å²) in [7, 11) is 2.06. The molecule has 1 aromatic carbocycles. The van der Waals surface area contributed by atoms with E-state index in [0.29, 0.717) is 30.4 Å². The SMILES string of the molecule is CN1CCOCC1c1nc(-c2ccc(C(=O)Nc3ccccn3)cc2)c2c(N)nccn12. The third kappa shape index (κ3) is 3.68. The highest BCUT2D eigenvalue weighted by molar-refractivity contribution is 6.04. The van der Waals surface area contributed by atoms with Crippen molar-refractivity contribution in [3.63, 3.8) is 0 Å². The molecule has 0 spiro atoms. The topological polar surface area (TPSA) is 111 Å². The van der Waals surface area contributed by atoms with E-state index in [1.54, 1.807) is 36.7 Å². The molecular weight excluding hydrogens is 406 g/mol. The van der Waals surface area contributed by atoms with Crippen molar-refractivity contribution in [2.45, 2.75) is 6.04 Å². The fourth-order valence-corrected chi connectivity index (χ4v) is 3.89. The second-order valence-corrected chi connectivity index (χ2v) is 7.67. The monoisotopic (exact) mass is 429 g/mol. The van der Waals surface area contributed by atoms with Crippen molar-refractivity contribution in [3.8, 4) is 11.3 Å². The number of fused-ring (bicyclic) bond motifs is 1. The summed E-state index contributed by atoms with van der Waals surface area (Å²) in [5.74, 6) is 1.53. The lowest BCUT2D eigenvalue weighted by Gasteiger charge is -2.31. The lowest BCUT2D eigenvalue weighted by molar-refractivity contribution is 0.00167. The van der Waals surface area contributed by atoms with Crippen molar-refractivity contribution < 1.29 is 9.53 Å². The number of nitrogens with zero attached hydrogens (tertiary/aromatic N) is 5. The highest BCUT2D eigenvalue weighted by atomic mass is 16.5. The Kier molecular flexibility index (Phi) is 5.26. The number of likely N-dealkylation sites (N-methyl/N-ethyl adjacent to an activating group) is 1. The number of hydrogen-bond donors (Lipinski definition) is 2. The Bertz CT molecular complexity index is 1250. The molecule has 1 amide bonds. The van der Waals surface area contributed by atoms with Crippen LogP contribution >= 0.6 is 0 Å². The number of amides is 1. The predicted molar refractivity (Wildman–Crippen MR) is 121 cm³/mol. The van der Waals surface area contributed by atoms with Crippen molar-refractivity contribution in [2.75, 3.05) is 37.9 Å². The van der Waals surface area contributed by atoms with Gasteiger partial charge in [0.05, 0.1) is 19.3 Å². The highest BCUT2D eigenvalue weighted by Gasteiger charge is 2.28. The van der Waals surface area contributed by atoms with Gasteiger partial charge in [-0.05, 0) is 31.3 Å². The molecule has 3 N–H and O–H groups in total. The van der Waals surface area contributed by atoms with Crippen LogP contribution in [0.5, 0.6) is 0 Å². The maximum atomic E-state index is 12.6. The number of imidazole rings is 1. The Morgan fingerprint density at radius 1 is 1.16 bits per heavy atom. The highest BCUT2D eigenvalue weighted by Crippen LogP contribution is 2.32. The summed E-state index contributed by atoms with van der Waals surface area (Å²) in [5, 5.41) is 2.79. The number of hydrogen-bond acceptors (Lipinski definition) is 7. The zero-order chi connectivity index (χ0) is 22.1. The number of ether oxygens (including phenoxy) is 1. The van der Waals surface area contributed by atoms with Gasteiger partial charge in [0.15, 0.2) is 0 Å². The van der Waals surface area contributed by atoms with E-state index in [2.05, 4.69) is 27.2 Å². The minimum Gasteiger partial charge on any atom is -0.382 e. The van der Waals surface area contributed by atoms with Crippen molar-refractivity contribution >= 4 is 23.1 Å². The molecule has 1 fully saturated rings. The standard InChI is InChI=1S/C23H23N7O2/c1-29-12-13-32-14-17(29)22-28-19(20-21(24)26-10-11-30(20)22)15-5-7-16(8-6-15)23(31)27-18-4-2-3-9-25-18/h2-11,17H,12-14H2,1H3,(H2,24,26)(H,25,27,31). The summed E-state index contributed by atoms with van der Waals surface area (Å²) in [6, 6.07) is 12.6.